The van der Waals surface area contributed by atoms with Crippen molar-refractivity contribution in [3.63, 3.8) is 0 Å². The summed E-state index contributed by atoms with van der Waals surface area (Å²) in [4.78, 5) is 55.0. The molecule has 15 heteroatoms. The van der Waals surface area contributed by atoms with Gasteiger partial charge in [0.2, 0.25) is 9.84 Å². The highest BCUT2D eigenvalue weighted by Crippen LogP contribution is 2.48. The number of hydrogen-bond donors (Lipinski definition) is 0. The Morgan fingerprint density at radius 3 is 1.56 bits per heavy atom. The van der Waals surface area contributed by atoms with E-state index in [9.17, 15) is 27.6 Å². The van der Waals surface area contributed by atoms with Crippen LogP contribution < -0.4 is 9.80 Å². The van der Waals surface area contributed by atoms with E-state index in [0.717, 1.165) is 12.1 Å². The fourth-order valence-corrected chi connectivity index (χ4v) is 8.06. The standard InChI is InChI=1S/C28H10Cl6N2O6S/c29-13-3-1-2-4-17(13)43(41,42)18-10-9-16(35-25(37)11-5-7-14(30)21(32)19(11)27(35)39)24(23(18)34)36-26(38)12-6-8-15(31)22(33)20(12)28(36)40/h1-10H. The van der Waals surface area contributed by atoms with E-state index >= 15 is 0 Å². The summed E-state index contributed by atoms with van der Waals surface area (Å²) in [7, 11) is -4.49. The average molecular weight is 715 g/mol. The lowest BCUT2D eigenvalue weighted by Crippen LogP contribution is -2.35. The predicted octanol–water partition coefficient (Wildman–Crippen LogP) is 8.04. The predicted molar refractivity (Wildman–Crippen MR) is 164 cm³/mol. The number of fused-ring (bicyclic) bond motifs is 2. The molecule has 6 rings (SSSR count). The second-order valence-corrected chi connectivity index (χ2v) is 13.4. The number of imide groups is 2. The molecule has 216 valence electrons. The minimum Gasteiger partial charge on any atom is -0.268 e. The van der Waals surface area contributed by atoms with Crippen molar-refractivity contribution in [2.75, 3.05) is 9.80 Å². The van der Waals surface area contributed by atoms with Crippen molar-refractivity contribution in [3.8, 4) is 0 Å². The fraction of sp³-hybridized carbons (Fsp3) is 0. The Bertz CT molecular complexity index is 2120. The van der Waals surface area contributed by atoms with Crippen molar-refractivity contribution in [3.05, 3.63) is 113 Å². The molecule has 4 aromatic carbocycles. The van der Waals surface area contributed by atoms with Crippen LogP contribution >= 0.6 is 69.6 Å². The van der Waals surface area contributed by atoms with E-state index in [1.807, 2.05) is 0 Å². The van der Waals surface area contributed by atoms with Crippen LogP contribution in [-0.2, 0) is 9.84 Å². The van der Waals surface area contributed by atoms with Crippen LogP contribution in [0.1, 0.15) is 41.4 Å². The molecule has 2 heterocycles. The highest BCUT2D eigenvalue weighted by molar-refractivity contribution is 7.91. The third kappa shape index (κ3) is 4.29. The number of amides is 4. The number of carbonyl (C=O) groups is 4. The normalized spacial score (nSPS) is 14.6. The number of benzene rings is 4. The second kappa shape index (κ2) is 10.5. The highest BCUT2D eigenvalue weighted by Gasteiger charge is 2.46. The summed E-state index contributed by atoms with van der Waals surface area (Å²) in [5.74, 6) is -3.84. The van der Waals surface area contributed by atoms with Gasteiger partial charge in [-0.05, 0) is 48.5 Å². The lowest BCUT2D eigenvalue weighted by atomic mass is 10.1. The first-order chi connectivity index (χ1) is 20.3. The maximum absolute atomic E-state index is 13.8. The molecule has 0 N–H and O–H groups in total. The largest absolute Gasteiger partial charge is 0.268 e. The summed E-state index contributed by atoms with van der Waals surface area (Å²) < 4.78 is 27.5. The molecule has 0 fully saturated rings. The molecule has 0 radical (unpaired) electrons. The Kier molecular flexibility index (Phi) is 7.29. The van der Waals surface area contributed by atoms with Gasteiger partial charge in [0, 0.05) is 0 Å². The second-order valence-electron chi connectivity index (χ2n) is 9.14. The van der Waals surface area contributed by atoms with Crippen molar-refractivity contribution in [2.24, 2.45) is 0 Å². The molecule has 0 aromatic heterocycles. The molecule has 2 aliphatic rings. The molecule has 4 aromatic rings. The van der Waals surface area contributed by atoms with Crippen LogP contribution in [0.25, 0.3) is 0 Å². The lowest BCUT2D eigenvalue weighted by molar-refractivity contribution is 0.0904. The van der Waals surface area contributed by atoms with Crippen molar-refractivity contribution < 1.29 is 27.6 Å². The first kappa shape index (κ1) is 29.9. The van der Waals surface area contributed by atoms with E-state index in [2.05, 4.69) is 0 Å². The number of sulfone groups is 1. The lowest BCUT2D eigenvalue weighted by Gasteiger charge is -2.25. The number of hydrogen-bond acceptors (Lipinski definition) is 6. The minimum absolute atomic E-state index is 0.00489. The van der Waals surface area contributed by atoms with E-state index in [-0.39, 0.29) is 52.3 Å². The number of carbonyl (C=O) groups excluding carboxylic acids is 4. The van der Waals surface area contributed by atoms with Crippen LogP contribution in [0.3, 0.4) is 0 Å². The zero-order chi connectivity index (χ0) is 31.1. The summed E-state index contributed by atoms with van der Waals surface area (Å²) in [6, 6.07) is 12.8. The van der Waals surface area contributed by atoms with Gasteiger partial charge in [-0.15, -0.1) is 0 Å². The van der Waals surface area contributed by atoms with Gasteiger partial charge < -0.3 is 0 Å². The van der Waals surface area contributed by atoms with Crippen LogP contribution in [0.4, 0.5) is 11.4 Å². The molecule has 0 saturated heterocycles. The number of anilines is 2. The molecular weight excluding hydrogens is 705 g/mol. The summed E-state index contributed by atoms with van der Waals surface area (Å²) >= 11 is 37.6. The molecule has 0 aliphatic carbocycles. The molecule has 0 spiro atoms. The third-order valence-corrected chi connectivity index (χ3v) is 11.2. The molecule has 0 saturated carbocycles. The smallest absolute Gasteiger partial charge is 0.267 e. The van der Waals surface area contributed by atoms with Crippen LogP contribution in [0.5, 0.6) is 0 Å². The molecule has 43 heavy (non-hydrogen) atoms. The molecule has 0 atom stereocenters. The Labute approximate surface area is 273 Å². The topological polar surface area (TPSA) is 109 Å². The summed E-state index contributed by atoms with van der Waals surface area (Å²) in [6.45, 7) is 0. The van der Waals surface area contributed by atoms with Crippen LogP contribution in [0.2, 0.25) is 30.1 Å². The van der Waals surface area contributed by atoms with Crippen molar-refractivity contribution in [1.29, 1.82) is 0 Å². The van der Waals surface area contributed by atoms with Gasteiger partial charge in [-0.2, -0.15) is 0 Å². The summed E-state index contributed by atoms with van der Waals surface area (Å²) in [6.07, 6.45) is 0. The third-order valence-electron chi connectivity index (χ3n) is 6.83. The fourth-order valence-electron chi connectivity index (χ4n) is 4.86. The monoisotopic (exact) mass is 712 g/mol. The quantitative estimate of drug-likeness (QED) is 0.198. The van der Waals surface area contributed by atoms with Crippen LogP contribution in [0, 0.1) is 0 Å². The molecule has 8 nitrogen and oxygen atoms in total. The van der Waals surface area contributed by atoms with Gasteiger partial charge in [0.15, 0.2) is 0 Å². The SMILES string of the molecule is O=C1c2ccc(Cl)c(Cl)c2C(=O)N1c1ccc(S(=O)(=O)c2ccccc2Cl)c(Cl)c1N1C(=O)c2ccc(Cl)c(Cl)c2C1=O. The zero-order valence-electron chi connectivity index (χ0n) is 20.8. The van der Waals surface area contributed by atoms with E-state index < -0.39 is 54.8 Å². The number of rotatable bonds is 4. The van der Waals surface area contributed by atoms with E-state index in [1.165, 1.54) is 48.5 Å². The Hall–Kier alpha value is -3.15. The minimum atomic E-state index is -4.49. The molecule has 4 amide bonds. The van der Waals surface area contributed by atoms with Crippen molar-refractivity contribution in [1.82, 2.24) is 0 Å². The van der Waals surface area contributed by atoms with Gasteiger partial charge >= 0.3 is 0 Å². The Morgan fingerprint density at radius 1 is 0.488 bits per heavy atom. The van der Waals surface area contributed by atoms with Crippen molar-refractivity contribution in [2.45, 2.75) is 9.79 Å². The van der Waals surface area contributed by atoms with Gasteiger partial charge in [-0.1, -0.05) is 81.7 Å². The Balaban J connectivity index is 1.64. The number of nitrogens with zero attached hydrogens (tertiary/aromatic N) is 2. The average Bonchev–Trinajstić information content (AvgIpc) is 3.36. The van der Waals surface area contributed by atoms with Gasteiger partial charge in [-0.3, -0.25) is 19.2 Å². The van der Waals surface area contributed by atoms with E-state index in [1.54, 1.807) is 0 Å². The van der Waals surface area contributed by atoms with E-state index in [0.29, 0.717) is 9.80 Å². The van der Waals surface area contributed by atoms with Gasteiger partial charge in [-0.25, -0.2) is 18.2 Å². The van der Waals surface area contributed by atoms with E-state index in [4.69, 9.17) is 69.6 Å². The maximum atomic E-state index is 13.8. The van der Waals surface area contributed by atoms with Crippen LogP contribution in [0.15, 0.2) is 70.5 Å². The first-order valence-corrected chi connectivity index (χ1v) is 15.6. The zero-order valence-corrected chi connectivity index (χ0v) is 26.1. The molecule has 0 bridgehead atoms. The molecule has 2 aliphatic heterocycles. The molecular formula is C28H10Cl6N2O6S. The highest BCUT2D eigenvalue weighted by atomic mass is 35.5. The summed E-state index contributed by atoms with van der Waals surface area (Å²) in [5, 5.41) is -1.26. The Morgan fingerprint density at radius 2 is 1.00 bits per heavy atom. The summed E-state index contributed by atoms with van der Waals surface area (Å²) in [5.41, 5.74) is -1.77. The van der Waals surface area contributed by atoms with Gasteiger partial charge in [0.25, 0.3) is 23.6 Å². The maximum Gasteiger partial charge on any atom is 0.267 e. The van der Waals surface area contributed by atoms with Gasteiger partial charge in [0.05, 0.1) is 73.6 Å². The van der Waals surface area contributed by atoms with Crippen LogP contribution in [-0.4, -0.2) is 32.0 Å². The first-order valence-electron chi connectivity index (χ1n) is 11.8. The van der Waals surface area contributed by atoms with Crippen molar-refractivity contribution >= 4 is 114 Å². The molecule has 0 unspecified atom stereocenters. The van der Waals surface area contributed by atoms with Gasteiger partial charge in [0.1, 0.15) is 0 Å². The number of halogens is 6.